The van der Waals surface area contributed by atoms with Gasteiger partial charge in [-0.25, -0.2) is 0 Å². The molecule has 6 nitrogen and oxygen atoms in total. The predicted molar refractivity (Wildman–Crippen MR) is 273 cm³/mol. The smallest absolute Gasteiger partial charge is 0.305 e. The van der Waals surface area contributed by atoms with Crippen molar-refractivity contribution < 1.29 is 24.5 Å². The third kappa shape index (κ3) is 49.6. The van der Waals surface area contributed by atoms with E-state index in [9.17, 15) is 19.8 Å². The van der Waals surface area contributed by atoms with E-state index in [4.69, 9.17) is 4.74 Å². The fraction of sp³-hybridized carbons (Fsp3) is 0.895. The van der Waals surface area contributed by atoms with Gasteiger partial charge >= 0.3 is 5.97 Å². The van der Waals surface area contributed by atoms with Crippen LogP contribution in [0.3, 0.4) is 0 Å². The SMILES string of the molecule is CCCCCCCCCCCCCCCCC(=O)OCC/C=C\C/C=C\CCCCCCCCCCCCCCCCC(=O)NC(CO)C(O)CCCCCCCCCCCCC. The molecular weight excluding hydrogens is 779 g/mol. The van der Waals surface area contributed by atoms with Gasteiger partial charge in [0.15, 0.2) is 0 Å². The summed E-state index contributed by atoms with van der Waals surface area (Å²) in [7, 11) is 0. The van der Waals surface area contributed by atoms with Crippen LogP contribution in [0.15, 0.2) is 24.3 Å². The Morgan fingerprint density at radius 2 is 0.794 bits per heavy atom. The molecule has 372 valence electrons. The minimum Gasteiger partial charge on any atom is -0.465 e. The predicted octanol–water partition coefficient (Wildman–Crippen LogP) is 17.1. The first kappa shape index (κ1) is 61.3. The zero-order chi connectivity index (χ0) is 45.8. The number of rotatable bonds is 52. The molecule has 0 radical (unpaired) electrons. The molecule has 1 amide bonds. The van der Waals surface area contributed by atoms with Crippen LogP contribution in [0.4, 0.5) is 0 Å². The molecule has 2 unspecified atom stereocenters. The minimum absolute atomic E-state index is 0.0330. The first-order chi connectivity index (χ1) is 31.0. The highest BCUT2D eigenvalue weighted by Gasteiger charge is 2.20. The molecule has 0 spiro atoms. The number of carbonyl (C=O) groups is 2. The van der Waals surface area contributed by atoms with Crippen LogP contribution in [0.5, 0.6) is 0 Å². The molecule has 63 heavy (non-hydrogen) atoms. The monoisotopic (exact) mass is 888 g/mol. The molecule has 0 rings (SSSR count). The van der Waals surface area contributed by atoms with Crippen molar-refractivity contribution in [3.63, 3.8) is 0 Å². The number of hydrogen-bond acceptors (Lipinski definition) is 5. The van der Waals surface area contributed by atoms with Gasteiger partial charge in [-0.3, -0.25) is 9.59 Å². The average molecular weight is 889 g/mol. The lowest BCUT2D eigenvalue weighted by Crippen LogP contribution is -2.45. The number of esters is 1. The molecule has 0 aliphatic heterocycles. The van der Waals surface area contributed by atoms with Gasteiger partial charge in [-0.1, -0.05) is 269 Å². The lowest BCUT2D eigenvalue weighted by atomic mass is 10.0. The van der Waals surface area contributed by atoms with E-state index < -0.39 is 12.1 Å². The number of hydrogen-bond donors (Lipinski definition) is 3. The molecule has 0 aromatic heterocycles. The zero-order valence-corrected chi connectivity index (χ0v) is 42.3. The van der Waals surface area contributed by atoms with Gasteiger partial charge in [0.25, 0.3) is 0 Å². The van der Waals surface area contributed by atoms with Gasteiger partial charge < -0.3 is 20.3 Å². The van der Waals surface area contributed by atoms with E-state index in [1.807, 2.05) is 0 Å². The highest BCUT2D eigenvalue weighted by Crippen LogP contribution is 2.17. The van der Waals surface area contributed by atoms with Crippen molar-refractivity contribution in [1.82, 2.24) is 5.32 Å². The molecule has 0 aliphatic rings. The van der Waals surface area contributed by atoms with Crippen LogP contribution in [0, 0.1) is 0 Å². The summed E-state index contributed by atoms with van der Waals surface area (Å²) in [4.78, 5) is 24.4. The normalized spacial score (nSPS) is 12.8. The Kier molecular flexibility index (Phi) is 51.6. The Labute approximate surface area is 392 Å². The van der Waals surface area contributed by atoms with Crippen LogP contribution in [0.2, 0.25) is 0 Å². The van der Waals surface area contributed by atoms with Crippen LogP contribution in [0.1, 0.15) is 303 Å². The lowest BCUT2D eigenvalue weighted by molar-refractivity contribution is -0.143. The molecule has 0 bridgehead atoms. The molecule has 0 saturated carbocycles. The molecule has 6 heteroatoms. The Hall–Kier alpha value is -1.66. The van der Waals surface area contributed by atoms with Crippen molar-refractivity contribution in [1.29, 1.82) is 0 Å². The van der Waals surface area contributed by atoms with Crippen LogP contribution in [0.25, 0.3) is 0 Å². The van der Waals surface area contributed by atoms with Crippen molar-refractivity contribution in [3.05, 3.63) is 24.3 Å². The summed E-state index contributed by atoms with van der Waals surface area (Å²) in [6.45, 7) is 4.84. The Morgan fingerprint density at radius 3 is 1.21 bits per heavy atom. The summed E-state index contributed by atoms with van der Waals surface area (Å²) >= 11 is 0. The van der Waals surface area contributed by atoms with Gasteiger partial charge in [0.05, 0.1) is 25.4 Å². The van der Waals surface area contributed by atoms with Gasteiger partial charge in [0.1, 0.15) is 0 Å². The van der Waals surface area contributed by atoms with E-state index in [0.29, 0.717) is 25.9 Å². The highest BCUT2D eigenvalue weighted by molar-refractivity contribution is 5.76. The lowest BCUT2D eigenvalue weighted by Gasteiger charge is -2.22. The number of nitrogens with one attached hydrogen (secondary N) is 1. The molecule has 0 aromatic rings. The van der Waals surface area contributed by atoms with Gasteiger partial charge in [0, 0.05) is 12.8 Å². The van der Waals surface area contributed by atoms with Crippen LogP contribution < -0.4 is 5.32 Å². The second kappa shape index (κ2) is 53.0. The summed E-state index contributed by atoms with van der Waals surface area (Å²) in [5.74, 6) is -0.0733. The Bertz CT molecular complexity index is 982. The largest absolute Gasteiger partial charge is 0.465 e. The van der Waals surface area contributed by atoms with Gasteiger partial charge in [-0.2, -0.15) is 0 Å². The van der Waals surface area contributed by atoms with E-state index >= 15 is 0 Å². The second-order valence-electron chi connectivity index (χ2n) is 19.3. The number of amides is 1. The zero-order valence-electron chi connectivity index (χ0n) is 42.3. The topological polar surface area (TPSA) is 95.9 Å². The summed E-state index contributed by atoms with van der Waals surface area (Å²) in [5.41, 5.74) is 0. The molecule has 0 aliphatic carbocycles. The van der Waals surface area contributed by atoms with Crippen LogP contribution in [-0.4, -0.2) is 47.4 Å². The van der Waals surface area contributed by atoms with Gasteiger partial charge in [0.2, 0.25) is 5.91 Å². The maximum Gasteiger partial charge on any atom is 0.305 e. The van der Waals surface area contributed by atoms with Crippen molar-refractivity contribution in [2.45, 2.75) is 315 Å². The van der Waals surface area contributed by atoms with Crippen molar-refractivity contribution in [2.75, 3.05) is 13.2 Å². The maximum absolute atomic E-state index is 12.4. The highest BCUT2D eigenvalue weighted by atomic mass is 16.5. The van der Waals surface area contributed by atoms with E-state index in [0.717, 1.165) is 51.4 Å². The summed E-state index contributed by atoms with van der Waals surface area (Å²) in [6, 6.07) is -0.543. The summed E-state index contributed by atoms with van der Waals surface area (Å²) < 4.78 is 5.41. The average Bonchev–Trinajstić information content (AvgIpc) is 3.28. The quantitative estimate of drug-likeness (QED) is 0.0321. The van der Waals surface area contributed by atoms with E-state index in [1.165, 1.54) is 218 Å². The van der Waals surface area contributed by atoms with Crippen LogP contribution >= 0.6 is 0 Å². The molecule has 0 aromatic carbocycles. The molecule has 0 fully saturated rings. The molecule has 0 saturated heterocycles. The van der Waals surface area contributed by atoms with Crippen molar-refractivity contribution in [2.24, 2.45) is 0 Å². The van der Waals surface area contributed by atoms with E-state index in [2.05, 4.69) is 43.5 Å². The summed E-state index contributed by atoms with van der Waals surface area (Å²) in [5, 5.41) is 23.2. The number of carbonyl (C=O) groups excluding carboxylic acids is 2. The third-order valence-corrected chi connectivity index (χ3v) is 13.0. The Balaban J connectivity index is 3.43. The van der Waals surface area contributed by atoms with Crippen LogP contribution in [-0.2, 0) is 14.3 Å². The molecule has 3 N–H and O–H groups in total. The molecular formula is C57H109NO5. The van der Waals surface area contributed by atoms with E-state index in [-0.39, 0.29) is 18.5 Å². The number of unbranched alkanes of at least 4 members (excludes halogenated alkanes) is 37. The fourth-order valence-electron chi connectivity index (χ4n) is 8.71. The number of ether oxygens (including phenoxy) is 1. The van der Waals surface area contributed by atoms with E-state index in [1.54, 1.807) is 0 Å². The molecule has 0 heterocycles. The Morgan fingerprint density at radius 1 is 0.444 bits per heavy atom. The number of allylic oxidation sites excluding steroid dienone is 3. The minimum atomic E-state index is -0.666. The van der Waals surface area contributed by atoms with Gasteiger partial charge in [-0.05, 0) is 44.9 Å². The third-order valence-electron chi connectivity index (χ3n) is 13.0. The first-order valence-electron chi connectivity index (χ1n) is 28.1. The number of aliphatic hydroxyl groups excluding tert-OH is 2. The standard InChI is InChI=1S/C57H109NO5/c1-3-5-7-9-11-13-15-16-27-31-35-39-43-47-51-57(62)63-52-48-44-40-36-32-28-25-23-21-19-17-18-20-22-24-26-30-34-38-42-46-50-56(61)58-54(53-59)55(60)49-45-41-37-33-29-14-12-10-8-6-4-2/h28,32,40,44,54-55,59-60H,3-27,29-31,33-39,41-43,45-53H2,1-2H3,(H,58,61)/b32-28-,44-40-. The van der Waals surface area contributed by atoms with Crippen molar-refractivity contribution in [3.8, 4) is 0 Å². The fourth-order valence-corrected chi connectivity index (χ4v) is 8.71. The van der Waals surface area contributed by atoms with Crippen molar-refractivity contribution >= 4 is 11.9 Å². The second-order valence-corrected chi connectivity index (χ2v) is 19.3. The maximum atomic E-state index is 12.4. The summed E-state index contributed by atoms with van der Waals surface area (Å²) in [6.07, 6.45) is 63.3. The number of aliphatic hydroxyl groups is 2. The van der Waals surface area contributed by atoms with Gasteiger partial charge in [-0.15, -0.1) is 0 Å². The first-order valence-corrected chi connectivity index (χ1v) is 28.1. The molecule has 2 atom stereocenters.